The summed E-state index contributed by atoms with van der Waals surface area (Å²) < 4.78 is 0.0529. The Hall–Kier alpha value is -0.900. The molecule has 4 heteroatoms. The maximum absolute atomic E-state index is 11.4. The summed E-state index contributed by atoms with van der Waals surface area (Å²) in [5.41, 5.74) is 1.10. The maximum Gasteiger partial charge on any atom is 0.187 e. The van der Waals surface area contributed by atoms with E-state index in [4.69, 9.17) is 11.6 Å². The second-order valence-corrected chi connectivity index (χ2v) is 7.12. The fourth-order valence-corrected chi connectivity index (χ4v) is 4.06. The molecule has 0 spiro atoms. The van der Waals surface area contributed by atoms with E-state index in [0.717, 1.165) is 10.5 Å². The van der Waals surface area contributed by atoms with Gasteiger partial charge in [0.05, 0.1) is 4.58 Å². The topological polar surface area (TPSA) is 17.1 Å². The van der Waals surface area contributed by atoms with Crippen LogP contribution in [0.5, 0.6) is 0 Å². The zero-order valence-electron chi connectivity index (χ0n) is 10.4. The highest BCUT2D eigenvalue weighted by atomic mass is 35.5. The Balaban J connectivity index is 2.20. The summed E-state index contributed by atoms with van der Waals surface area (Å²) in [7, 11) is 0. The lowest BCUT2D eigenvalue weighted by Crippen LogP contribution is -1.93. The van der Waals surface area contributed by atoms with Gasteiger partial charge in [0.2, 0.25) is 0 Å². The lowest BCUT2D eigenvalue weighted by atomic mass is 10.2. The number of thioether (sulfide) groups is 2. The van der Waals surface area contributed by atoms with Crippen LogP contribution in [0.1, 0.15) is 17.1 Å². The van der Waals surface area contributed by atoms with Crippen LogP contribution in [0.4, 0.5) is 0 Å². The lowest BCUT2D eigenvalue weighted by Gasteiger charge is -2.15. The third-order valence-electron chi connectivity index (χ3n) is 2.40. The smallest absolute Gasteiger partial charge is 0.187 e. The number of rotatable bonds is 4. The minimum Gasteiger partial charge on any atom is -0.287 e. The van der Waals surface area contributed by atoms with Crippen molar-refractivity contribution < 1.29 is 4.79 Å². The molecule has 2 aromatic rings. The van der Waals surface area contributed by atoms with Crippen molar-refractivity contribution in [3.05, 3.63) is 65.2 Å². The maximum atomic E-state index is 11.4. The van der Waals surface area contributed by atoms with E-state index in [1.807, 2.05) is 54.6 Å². The van der Waals surface area contributed by atoms with Crippen LogP contribution < -0.4 is 0 Å². The molecule has 0 aliphatic rings. The molecular weight excluding hydrogens is 296 g/mol. The minimum absolute atomic E-state index is 0.0529. The molecule has 0 N–H and O–H groups in total. The van der Waals surface area contributed by atoms with Gasteiger partial charge in [0.15, 0.2) is 5.12 Å². The van der Waals surface area contributed by atoms with Gasteiger partial charge in [-0.25, -0.2) is 0 Å². The first-order chi connectivity index (χ1) is 9.15. The first-order valence-electron chi connectivity index (χ1n) is 5.79. The molecule has 2 rings (SSSR count). The van der Waals surface area contributed by atoms with E-state index in [-0.39, 0.29) is 9.70 Å². The summed E-state index contributed by atoms with van der Waals surface area (Å²) in [6, 6.07) is 17.7. The predicted octanol–water partition coefficient (Wildman–Crippen LogP) is 5.41. The quantitative estimate of drug-likeness (QED) is 0.555. The van der Waals surface area contributed by atoms with Gasteiger partial charge >= 0.3 is 0 Å². The Labute approximate surface area is 126 Å². The Morgan fingerprint density at radius 2 is 1.68 bits per heavy atom. The first kappa shape index (κ1) is 14.5. The molecule has 1 atom stereocenters. The van der Waals surface area contributed by atoms with Crippen molar-refractivity contribution in [3.8, 4) is 0 Å². The summed E-state index contributed by atoms with van der Waals surface area (Å²) >= 11 is 8.91. The van der Waals surface area contributed by atoms with Gasteiger partial charge in [-0.2, -0.15) is 0 Å². The number of hydrogen-bond donors (Lipinski definition) is 0. The average Bonchev–Trinajstić information content (AvgIpc) is 2.39. The number of benzene rings is 2. The van der Waals surface area contributed by atoms with Crippen molar-refractivity contribution in [1.82, 2.24) is 0 Å². The zero-order chi connectivity index (χ0) is 13.7. The number of halogens is 1. The van der Waals surface area contributed by atoms with Gasteiger partial charge in [-0.1, -0.05) is 53.7 Å². The average molecular weight is 309 g/mol. The summed E-state index contributed by atoms with van der Waals surface area (Å²) in [6.07, 6.45) is 0. The van der Waals surface area contributed by atoms with Crippen LogP contribution in [-0.4, -0.2) is 5.12 Å². The Morgan fingerprint density at radius 3 is 2.26 bits per heavy atom. The molecule has 19 heavy (non-hydrogen) atoms. The van der Waals surface area contributed by atoms with E-state index in [2.05, 4.69) is 0 Å². The summed E-state index contributed by atoms with van der Waals surface area (Å²) in [5.74, 6) is 0. The number of hydrogen-bond acceptors (Lipinski definition) is 3. The monoisotopic (exact) mass is 308 g/mol. The molecule has 1 unspecified atom stereocenters. The minimum atomic E-state index is 0.0529. The third kappa shape index (κ3) is 4.60. The molecule has 98 valence electrons. The highest BCUT2D eigenvalue weighted by Gasteiger charge is 2.16. The molecule has 0 aliphatic carbocycles. The van der Waals surface area contributed by atoms with Gasteiger partial charge in [-0.05, 0) is 29.8 Å². The normalized spacial score (nSPS) is 12.1. The van der Waals surface area contributed by atoms with E-state index < -0.39 is 0 Å². The summed E-state index contributed by atoms with van der Waals surface area (Å²) in [5, 5.41) is 0.823. The van der Waals surface area contributed by atoms with Gasteiger partial charge in [0.25, 0.3) is 0 Å². The summed E-state index contributed by atoms with van der Waals surface area (Å²) in [4.78, 5) is 12.6. The zero-order valence-corrected chi connectivity index (χ0v) is 12.8. The molecule has 0 radical (unpaired) electrons. The van der Waals surface area contributed by atoms with Crippen LogP contribution in [0.2, 0.25) is 5.02 Å². The number of carbonyl (C=O) groups excluding carboxylic acids is 1. The van der Waals surface area contributed by atoms with Gasteiger partial charge in [-0.15, -0.1) is 11.8 Å². The van der Waals surface area contributed by atoms with Crippen LogP contribution in [0, 0.1) is 0 Å². The van der Waals surface area contributed by atoms with Crippen LogP contribution in [0.3, 0.4) is 0 Å². The van der Waals surface area contributed by atoms with Gasteiger partial charge in [0.1, 0.15) is 0 Å². The van der Waals surface area contributed by atoms with Crippen molar-refractivity contribution >= 4 is 40.2 Å². The van der Waals surface area contributed by atoms with Gasteiger partial charge < -0.3 is 0 Å². The highest BCUT2D eigenvalue weighted by molar-refractivity contribution is 8.24. The highest BCUT2D eigenvalue weighted by Crippen LogP contribution is 2.43. The van der Waals surface area contributed by atoms with Crippen LogP contribution in [-0.2, 0) is 4.79 Å². The van der Waals surface area contributed by atoms with Crippen molar-refractivity contribution in [2.75, 3.05) is 0 Å². The summed E-state index contributed by atoms with van der Waals surface area (Å²) in [6.45, 7) is 1.60. The first-order valence-corrected chi connectivity index (χ1v) is 7.93. The standard InChI is InChI=1S/C15H13ClOS2/c1-11(17)18-15(12-7-9-13(16)10-8-12)19-14-5-3-2-4-6-14/h2-10,15H,1H3. The van der Waals surface area contributed by atoms with Crippen molar-refractivity contribution in [2.24, 2.45) is 0 Å². The molecule has 0 heterocycles. The molecule has 2 aromatic carbocycles. The SMILES string of the molecule is CC(=O)SC(Sc1ccccc1)c1ccc(Cl)cc1. The van der Waals surface area contributed by atoms with E-state index in [9.17, 15) is 4.79 Å². The van der Waals surface area contributed by atoms with Crippen LogP contribution in [0.15, 0.2) is 59.5 Å². The molecule has 0 saturated heterocycles. The largest absolute Gasteiger partial charge is 0.287 e. The van der Waals surface area contributed by atoms with Gasteiger partial charge in [-0.3, -0.25) is 4.79 Å². The van der Waals surface area contributed by atoms with Crippen LogP contribution >= 0.6 is 35.1 Å². The molecule has 0 saturated carbocycles. The van der Waals surface area contributed by atoms with Crippen molar-refractivity contribution in [2.45, 2.75) is 16.4 Å². The third-order valence-corrected chi connectivity index (χ3v) is 5.08. The lowest BCUT2D eigenvalue weighted by molar-refractivity contribution is -0.109. The number of carbonyl (C=O) groups is 1. The molecule has 0 fully saturated rings. The van der Waals surface area contributed by atoms with Crippen molar-refractivity contribution in [1.29, 1.82) is 0 Å². The predicted molar refractivity (Wildman–Crippen MR) is 84.8 cm³/mol. The Bertz CT molecular complexity index is 540. The van der Waals surface area contributed by atoms with Crippen molar-refractivity contribution in [3.63, 3.8) is 0 Å². The molecule has 1 nitrogen and oxygen atoms in total. The van der Waals surface area contributed by atoms with E-state index in [0.29, 0.717) is 5.02 Å². The second-order valence-electron chi connectivity index (χ2n) is 3.92. The fraction of sp³-hybridized carbons (Fsp3) is 0.133. The van der Waals surface area contributed by atoms with E-state index in [1.54, 1.807) is 18.7 Å². The fourth-order valence-electron chi connectivity index (χ4n) is 1.55. The second kappa shape index (κ2) is 7.04. The molecule has 0 aliphatic heterocycles. The van der Waals surface area contributed by atoms with E-state index in [1.165, 1.54) is 11.8 Å². The van der Waals surface area contributed by atoms with Crippen LogP contribution in [0.25, 0.3) is 0 Å². The Kier molecular flexibility index (Phi) is 5.37. The Morgan fingerprint density at radius 1 is 1.05 bits per heavy atom. The van der Waals surface area contributed by atoms with Gasteiger partial charge in [0, 0.05) is 16.8 Å². The molecule has 0 bridgehead atoms. The van der Waals surface area contributed by atoms with E-state index >= 15 is 0 Å². The molecule has 0 aromatic heterocycles. The molecule has 0 amide bonds. The molecular formula is C15H13ClOS2.